The van der Waals surface area contributed by atoms with Crippen LogP contribution in [0.3, 0.4) is 0 Å². The maximum absolute atomic E-state index is 11.9. The van der Waals surface area contributed by atoms with Gasteiger partial charge in [0.15, 0.2) is 0 Å². The molecule has 0 aliphatic carbocycles. The Kier molecular flexibility index (Phi) is 4.25. The first-order valence-electron chi connectivity index (χ1n) is 5.16. The number of aliphatic hydroxyl groups is 1. The van der Waals surface area contributed by atoms with Crippen molar-refractivity contribution in [2.45, 2.75) is 19.4 Å². The number of nitrogens with zero attached hydrogens (tertiary/aromatic N) is 2. The Morgan fingerprint density at radius 1 is 1.69 bits per heavy atom. The maximum Gasteiger partial charge on any atom is 0.257 e. The van der Waals surface area contributed by atoms with Gasteiger partial charge in [0, 0.05) is 19.8 Å². The van der Waals surface area contributed by atoms with Gasteiger partial charge in [0.1, 0.15) is 5.82 Å². The molecule has 88 valence electrons. The number of amides is 1. The van der Waals surface area contributed by atoms with E-state index in [1.165, 1.54) is 4.90 Å². The van der Waals surface area contributed by atoms with Gasteiger partial charge >= 0.3 is 0 Å². The van der Waals surface area contributed by atoms with Crippen molar-refractivity contribution >= 4 is 11.7 Å². The summed E-state index contributed by atoms with van der Waals surface area (Å²) in [6, 6.07) is 3.32. The Bertz CT molecular complexity index is 366. The van der Waals surface area contributed by atoms with Crippen molar-refractivity contribution < 1.29 is 9.90 Å². The zero-order chi connectivity index (χ0) is 12.1. The number of carbonyl (C=O) groups excluding carboxylic acids is 1. The first kappa shape index (κ1) is 12.4. The van der Waals surface area contributed by atoms with Crippen molar-refractivity contribution in [3.05, 3.63) is 23.9 Å². The van der Waals surface area contributed by atoms with Crippen LogP contribution >= 0.6 is 0 Å². The fourth-order valence-electron chi connectivity index (χ4n) is 1.29. The fourth-order valence-corrected chi connectivity index (χ4v) is 1.29. The molecule has 1 unspecified atom stereocenters. The molecule has 1 aromatic rings. The second kappa shape index (κ2) is 5.46. The lowest BCUT2D eigenvalue weighted by Gasteiger charge is -2.18. The molecular weight excluding hydrogens is 206 g/mol. The number of carbonyl (C=O) groups is 1. The van der Waals surface area contributed by atoms with Crippen LogP contribution < -0.4 is 5.73 Å². The average molecular weight is 223 g/mol. The quantitative estimate of drug-likeness (QED) is 0.779. The standard InChI is InChI=1S/C11H17N3O2/c1-8(15)5-7-14(2)11(16)9-4-3-6-13-10(9)12/h3-4,6,8,15H,5,7H2,1-2H3,(H2,12,13). The van der Waals surface area contributed by atoms with Crippen LogP contribution in [0.15, 0.2) is 18.3 Å². The first-order chi connectivity index (χ1) is 7.52. The molecule has 0 saturated carbocycles. The second-order valence-corrected chi connectivity index (χ2v) is 3.80. The summed E-state index contributed by atoms with van der Waals surface area (Å²) in [7, 11) is 1.68. The molecule has 1 aromatic heterocycles. The van der Waals surface area contributed by atoms with Gasteiger partial charge in [-0.2, -0.15) is 0 Å². The second-order valence-electron chi connectivity index (χ2n) is 3.80. The van der Waals surface area contributed by atoms with E-state index in [0.29, 0.717) is 18.5 Å². The molecule has 1 atom stereocenters. The van der Waals surface area contributed by atoms with E-state index in [0.717, 1.165) is 0 Å². The smallest absolute Gasteiger partial charge is 0.257 e. The molecule has 5 heteroatoms. The van der Waals surface area contributed by atoms with Gasteiger partial charge < -0.3 is 15.7 Å². The van der Waals surface area contributed by atoms with Crippen LogP contribution in [-0.4, -0.2) is 40.6 Å². The van der Waals surface area contributed by atoms with Gasteiger partial charge in [0.25, 0.3) is 5.91 Å². The van der Waals surface area contributed by atoms with E-state index in [9.17, 15) is 4.79 Å². The minimum absolute atomic E-state index is 0.175. The van der Waals surface area contributed by atoms with Crippen LogP contribution in [0.5, 0.6) is 0 Å². The van der Waals surface area contributed by atoms with Crippen LogP contribution in [0.25, 0.3) is 0 Å². The van der Waals surface area contributed by atoms with Crippen molar-refractivity contribution in [3.8, 4) is 0 Å². The van der Waals surface area contributed by atoms with Crippen molar-refractivity contribution in [1.29, 1.82) is 0 Å². The largest absolute Gasteiger partial charge is 0.393 e. The minimum Gasteiger partial charge on any atom is -0.393 e. The van der Waals surface area contributed by atoms with Gasteiger partial charge in [0.2, 0.25) is 0 Å². The van der Waals surface area contributed by atoms with Crippen molar-refractivity contribution in [2.75, 3.05) is 19.3 Å². The van der Waals surface area contributed by atoms with E-state index < -0.39 is 6.10 Å². The Morgan fingerprint density at radius 2 is 2.38 bits per heavy atom. The lowest BCUT2D eigenvalue weighted by atomic mass is 10.2. The zero-order valence-corrected chi connectivity index (χ0v) is 9.55. The summed E-state index contributed by atoms with van der Waals surface area (Å²) in [5.74, 6) is 0.0580. The third-order valence-electron chi connectivity index (χ3n) is 2.30. The van der Waals surface area contributed by atoms with Gasteiger partial charge in [0.05, 0.1) is 11.7 Å². The summed E-state index contributed by atoms with van der Waals surface area (Å²) >= 11 is 0. The zero-order valence-electron chi connectivity index (χ0n) is 9.55. The molecule has 0 aromatic carbocycles. The van der Waals surface area contributed by atoms with Gasteiger partial charge in [-0.15, -0.1) is 0 Å². The number of rotatable bonds is 4. The van der Waals surface area contributed by atoms with E-state index in [4.69, 9.17) is 10.8 Å². The van der Waals surface area contributed by atoms with E-state index in [1.807, 2.05) is 0 Å². The van der Waals surface area contributed by atoms with E-state index >= 15 is 0 Å². The molecule has 0 aliphatic rings. The number of nitrogens with two attached hydrogens (primary N) is 1. The van der Waals surface area contributed by atoms with Crippen molar-refractivity contribution in [2.24, 2.45) is 0 Å². The highest BCUT2D eigenvalue weighted by atomic mass is 16.3. The lowest BCUT2D eigenvalue weighted by Crippen LogP contribution is -2.30. The molecule has 1 amide bonds. The van der Waals surface area contributed by atoms with Crippen LogP contribution in [0.1, 0.15) is 23.7 Å². The average Bonchev–Trinajstić information content (AvgIpc) is 2.25. The Balaban J connectivity index is 2.67. The molecule has 0 spiro atoms. The monoisotopic (exact) mass is 223 g/mol. The van der Waals surface area contributed by atoms with E-state index in [1.54, 1.807) is 32.3 Å². The lowest BCUT2D eigenvalue weighted by molar-refractivity contribution is 0.0769. The number of aromatic nitrogens is 1. The predicted molar refractivity (Wildman–Crippen MR) is 61.9 cm³/mol. The van der Waals surface area contributed by atoms with E-state index in [2.05, 4.69) is 4.98 Å². The number of anilines is 1. The summed E-state index contributed by atoms with van der Waals surface area (Å²) in [6.45, 7) is 2.18. The SMILES string of the molecule is CC(O)CCN(C)C(=O)c1cccnc1N. The van der Waals surface area contributed by atoms with Crippen LogP contribution in [-0.2, 0) is 0 Å². The van der Waals surface area contributed by atoms with Gasteiger partial charge in [-0.25, -0.2) is 4.98 Å². The fraction of sp³-hybridized carbons (Fsp3) is 0.455. The molecule has 3 N–H and O–H groups in total. The third-order valence-corrected chi connectivity index (χ3v) is 2.30. The number of aliphatic hydroxyl groups excluding tert-OH is 1. The predicted octanol–water partition coefficient (Wildman–Crippen LogP) is 0.507. The van der Waals surface area contributed by atoms with Crippen molar-refractivity contribution in [3.63, 3.8) is 0 Å². The van der Waals surface area contributed by atoms with Crippen LogP contribution in [0, 0.1) is 0 Å². The Morgan fingerprint density at radius 3 is 2.94 bits per heavy atom. The molecule has 0 saturated heterocycles. The third kappa shape index (κ3) is 3.20. The molecule has 0 aliphatic heterocycles. The minimum atomic E-state index is -0.415. The van der Waals surface area contributed by atoms with E-state index in [-0.39, 0.29) is 11.7 Å². The summed E-state index contributed by atoms with van der Waals surface area (Å²) in [4.78, 5) is 17.3. The molecule has 1 heterocycles. The summed E-state index contributed by atoms with van der Waals surface area (Å²) in [5, 5.41) is 9.13. The normalized spacial score (nSPS) is 12.2. The molecule has 16 heavy (non-hydrogen) atoms. The molecule has 0 radical (unpaired) electrons. The van der Waals surface area contributed by atoms with Gasteiger partial charge in [-0.3, -0.25) is 4.79 Å². The van der Waals surface area contributed by atoms with Crippen LogP contribution in [0.2, 0.25) is 0 Å². The summed E-state index contributed by atoms with van der Waals surface area (Å²) in [6.07, 6.45) is 1.67. The molecular formula is C11H17N3O2. The molecule has 0 fully saturated rings. The Hall–Kier alpha value is -1.62. The number of nitrogen functional groups attached to an aromatic ring is 1. The van der Waals surface area contributed by atoms with Gasteiger partial charge in [-0.05, 0) is 25.5 Å². The molecule has 1 rings (SSSR count). The first-order valence-corrected chi connectivity index (χ1v) is 5.16. The number of pyridine rings is 1. The maximum atomic E-state index is 11.9. The van der Waals surface area contributed by atoms with Crippen molar-refractivity contribution in [1.82, 2.24) is 9.88 Å². The highest BCUT2D eigenvalue weighted by Gasteiger charge is 2.14. The number of hydrogen-bond donors (Lipinski definition) is 2. The topological polar surface area (TPSA) is 79.5 Å². The summed E-state index contributed by atoms with van der Waals surface area (Å²) < 4.78 is 0. The number of hydrogen-bond acceptors (Lipinski definition) is 4. The molecule has 5 nitrogen and oxygen atoms in total. The molecule has 0 bridgehead atoms. The highest BCUT2D eigenvalue weighted by Crippen LogP contribution is 2.10. The Labute approximate surface area is 94.9 Å². The van der Waals surface area contributed by atoms with Crippen LogP contribution in [0.4, 0.5) is 5.82 Å². The summed E-state index contributed by atoms with van der Waals surface area (Å²) in [5.41, 5.74) is 6.01. The van der Waals surface area contributed by atoms with Gasteiger partial charge in [-0.1, -0.05) is 0 Å². The highest BCUT2D eigenvalue weighted by molar-refractivity contribution is 5.98.